The van der Waals surface area contributed by atoms with Crippen LogP contribution < -0.4 is 5.32 Å². The Morgan fingerprint density at radius 3 is 2.65 bits per heavy atom. The van der Waals surface area contributed by atoms with E-state index in [2.05, 4.69) is 5.32 Å². The van der Waals surface area contributed by atoms with Crippen LogP contribution in [0.4, 0.5) is 0 Å². The molecule has 2 fully saturated rings. The van der Waals surface area contributed by atoms with Gasteiger partial charge in [0.2, 0.25) is 15.9 Å². The van der Waals surface area contributed by atoms with Crippen molar-refractivity contribution < 1.29 is 18.0 Å². The molecule has 2 amide bonds. The van der Waals surface area contributed by atoms with Crippen molar-refractivity contribution in [2.45, 2.75) is 18.5 Å². The highest BCUT2D eigenvalue weighted by molar-refractivity contribution is 7.88. The van der Waals surface area contributed by atoms with Gasteiger partial charge >= 0.3 is 0 Å². The van der Waals surface area contributed by atoms with E-state index in [0.29, 0.717) is 25.1 Å². The Hall–Kier alpha value is -1.45. The lowest BCUT2D eigenvalue weighted by Crippen LogP contribution is -2.49. The smallest absolute Gasteiger partial charge is 0.254 e. The molecule has 2 aliphatic heterocycles. The molecule has 0 aliphatic carbocycles. The van der Waals surface area contributed by atoms with E-state index in [0.717, 1.165) is 6.26 Å². The normalized spacial score (nSPS) is 27.9. The molecule has 7 nitrogen and oxygen atoms in total. The summed E-state index contributed by atoms with van der Waals surface area (Å²) in [6.45, 7) is 0.818. The van der Waals surface area contributed by atoms with E-state index in [1.165, 1.54) is 22.7 Å². The van der Waals surface area contributed by atoms with Crippen molar-refractivity contribution in [1.29, 1.82) is 0 Å². The Kier molecular flexibility index (Phi) is 4.19. The van der Waals surface area contributed by atoms with Gasteiger partial charge in [0, 0.05) is 31.6 Å². The van der Waals surface area contributed by atoms with E-state index in [1.807, 2.05) is 5.38 Å². The molecule has 23 heavy (non-hydrogen) atoms. The predicted molar refractivity (Wildman–Crippen MR) is 86.7 cm³/mol. The van der Waals surface area contributed by atoms with Gasteiger partial charge in [-0.15, -0.1) is 0 Å². The zero-order valence-corrected chi connectivity index (χ0v) is 14.6. The number of nitrogens with zero attached hydrogens (tertiary/aromatic N) is 2. The molecule has 0 radical (unpaired) electrons. The van der Waals surface area contributed by atoms with Crippen molar-refractivity contribution in [3.8, 4) is 0 Å². The van der Waals surface area contributed by atoms with Crippen LogP contribution in [0.2, 0.25) is 0 Å². The van der Waals surface area contributed by atoms with E-state index in [-0.39, 0.29) is 23.8 Å². The van der Waals surface area contributed by atoms with Gasteiger partial charge in [-0.1, -0.05) is 0 Å². The summed E-state index contributed by atoms with van der Waals surface area (Å²) < 4.78 is 25.6. The molecule has 2 saturated heterocycles. The van der Waals surface area contributed by atoms with Crippen LogP contribution in [0.15, 0.2) is 16.8 Å². The SMILES string of the molecule is CNC(=O)[C@@H]1C[C@H]2CN(C(=O)c3ccsc3)C[C@H]2N1S(C)(=O)=O. The van der Waals surface area contributed by atoms with Gasteiger partial charge in [-0.3, -0.25) is 9.59 Å². The molecule has 3 atom stereocenters. The van der Waals surface area contributed by atoms with E-state index in [9.17, 15) is 18.0 Å². The lowest BCUT2D eigenvalue weighted by Gasteiger charge is -2.27. The number of sulfonamides is 1. The van der Waals surface area contributed by atoms with Gasteiger partial charge < -0.3 is 10.2 Å². The van der Waals surface area contributed by atoms with Gasteiger partial charge in [0.25, 0.3) is 5.91 Å². The zero-order chi connectivity index (χ0) is 16.8. The fourth-order valence-electron chi connectivity index (χ4n) is 3.60. The van der Waals surface area contributed by atoms with E-state index in [1.54, 1.807) is 16.3 Å². The molecule has 3 heterocycles. The number of likely N-dealkylation sites (tertiary alicyclic amines) is 1. The Bertz CT molecular complexity index is 716. The number of carbonyl (C=O) groups excluding carboxylic acids is 2. The van der Waals surface area contributed by atoms with E-state index in [4.69, 9.17) is 0 Å². The van der Waals surface area contributed by atoms with Crippen LogP contribution in [0.5, 0.6) is 0 Å². The molecule has 0 bridgehead atoms. The molecule has 1 aromatic heterocycles. The fourth-order valence-corrected chi connectivity index (χ4v) is 5.60. The molecule has 9 heteroatoms. The third kappa shape index (κ3) is 2.88. The van der Waals surface area contributed by atoms with E-state index >= 15 is 0 Å². The summed E-state index contributed by atoms with van der Waals surface area (Å²) >= 11 is 1.45. The van der Waals surface area contributed by atoms with E-state index < -0.39 is 16.1 Å². The lowest BCUT2D eigenvalue weighted by molar-refractivity contribution is -0.124. The monoisotopic (exact) mass is 357 g/mol. The zero-order valence-electron chi connectivity index (χ0n) is 12.9. The molecule has 3 rings (SSSR count). The van der Waals surface area contributed by atoms with Crippen LogP contribution in [0.1, 0.15) is 16.8 Å². The third-order valence-corrected chi connectivity index (χ3v) is 6.53. The van der Waals surface area contributed by atoms with Gasteiger partial charge in [0.05, 0.1) is 11.8 Å². The second-order valence-corrected chi connectivity index (χ2v) is 8.68. The highest BCUT2D eigenvalue weighted by Crippen LogP contribution is 2.38. The molecular weight excluding hydrogens is 338 g/mol. The van der Waals surface area contributed by atoms with Crippen LogP contribution >= 0.6 is 11.3 Å². The first-order valence-electron chi connectivity index (χ1n) is 7.34. The van der Waals surface area contributed by atoms with Crippen molar-refractivity contribution in [3.05, 3.63) is 22.4 Å². The minimum Gasteiger partial charge on any atom is -0.358 e. The maximum absolute atomic E-state index is 12.5. The van der Waals surface area contributed by atoms with Crippen molar-refractivity contribution >= 4 is 33.2 Å². The van der Waals surface area contributed by atoms with Crippen molar-refractivity contribution in [1.82, 2.24) is 14.5 Å². The average Bonchev–Trinajstić information content (AvgIpc) is 3.18. The first kappa shape index (κ1) is 16.4. The molecule has 1 aromatic rings. The summed E-state index contributed by atoms with van der Waals surface area (Å²) in [5.41, 5.74) is 0.628. The lowest BCUT2D eigenvalue weighted by atomic mass is 10.0. The van der Waals surface area contributed by atoms with Gasteiger partial charge in [0.15, 0.2) is 0 Å². The molecule has 0 unspecified atom stereocenters. The minimum atomic E-state index is -3.53. The Morgan fingerprint density at radius 2 is 2.09 bits per heavy atom. The van der Waals surface area contributed by atoms with Gasteiger partial charge in [-0.2, -0.15) is 15.6 Å². The number of hydrogen-bond acceptors (Lipinski definition) is 5. The Labute approximate surface area is 139 Å². The number of thiophene rings is 1. The number of fused-ring (bicyclic) bond motifs is 1. The fraction of sp³-hybridized carbons (Fsp3) is 0.571. The minimum absolute atomic E-state index is 0.00499. The second-order valence-electron chi connectivity index (χ2n) is 6.01. The van der Waals surface area contributed by atoms with Gasteiger partial charge in [0.1, 0.15) is 6.04 Å². The Balaban J connectivity index is 1.82. The maximum Gasteiger partial charge on any atom is 0.254 e. The predicted octanol–water partition coefficient (Wildman–Crippen LogP) is -0.0314. The quantitative estimate of drug-likeness (QED) is 0.823. The number of amides is 2. The topological polar surface area (TPSA) is 86.8 Å². The molecule has 0 aromatic carbocycles. The summed E-state index contributed by atoms with van der Waals surface area (Å²) in [6, 6.07) is 0.765. The summed E-state index contributed by atoms with van der Waals surface area (Å²) in [5, 5.41) is 6.16. The molecule has 0 saturated carbocycles. The van der Waals surface area contributed by atoms with Gasteiger partial charge in [-0.25, -0.2) is 8.42 Å². The second kappa shape index (κ2) is 5.88. The number of nitrogens with one attached hydrogen (secondary N) is 1. The number of rotatable bonds is 3. The van der Waals surface area contributed by atoms with Gasteiger partial charge in [-0.05, 0) is 23.8 Å². The summed E-state index contributed by atoms with van der Waals surface area (Å²) in [4.78, 5) is 26.2. The number of hydrogen-bond donors (Lipinski definition) is 1. The highest BCUT2D eigenvalue weighted by Gasteiger charge is 2.53. The molecule has 126 valence electrons. The molecule has 2 aliphatic rings. The van der Waals surface area contributed by atoms with Crippen molar-refractivity contribution in [3.63, 3.8) is 0 Å². The summed E-state index contributed by atoms with van der Waals surface area (Å²) in [7, 11) is -2.02. The molecule has 1 N–H and O–H groups in total. The van der Waals surface area contributed by atoms with Crippen LogP contribution in [0, 0.1) is 5.92 Å². The van der Waals surface area contributed by atoms with Crippen molar-refractivity contribution in [2.24, 2.45) is 5.92 Å². The number of likely N-dealkylation sites (N-methyl/N-ethyl adjacent to an activating group) is 1. The molecule has 0 spiro atoms. The van der Waals surface area contributed by atoms with Crippen LogP contribution in [-0.2, 0) is 14.8 Å². The summed E-state index contributed by atoms with van der Waals surface area (Å²) in [5.74, 6) is -0.374. The third-order valence-electron chi connectivity index (χ3n) is 4.55. The van der Waals surface area contributed by atoms with Crippen molar-refractivity contribution in [2.75, 3.05) is 26.4 Å². The first-order chi connectivity index (χ1) is 10.8. The summed E-state index contributed by atoms with van der Waals surface area (Å²) in [6.07, 6.45) is 1.57. The molecular formula is C14H19N3O4S2. The number of carbonyl (C=O) groups is 2. The van der Waals surface area contributed by atoms with Crippen LogP contribution in [0.3, 0.4) is 0 Å². The Morgan fingerprint density at radius 1 is 1.35 bits per heavy atom. The standard InChI is InChI=1S/C14H19N3O4S2/c1-15-13(18)11-5-10-6-16(14(19)9-3-4-22-8-9)7-12(10)17(11)23(2,20)21/h3-4,8,10-12H,5-7H2,1-2H3,(H,15,18)/t10-,11-,12+/m0/s1. The highest BCUT2D eigenvalue weighted by atomic mass is 32.2. The van der Waals surface area contributed by atoms with Crippen LogP contribution in [0.25, 0.3) is 0 Å². The van der Waals surface area contributed by atoms with Crippen LogP contribution in [-0.4, -0.2) is 67.9 Å². The first-order valence-corrected chi connectivity index (χ1v) is 10.1. The average molecular weight is 357 g/mol. The largest absolute Gasteiger partial charge is 0.358 e. The maximum atomic E-state index is 12.5.